The number of carboxylic acid groups (broad SMARTS) is 1. The largest absolute Gasteiger partial charge is 0.481 e. The van der Waals surface area contributed by atoms with Crippen molar-refractivity contribution in [1.29, 1.82) is 0 Å². The highest BCUT2D eigenvalue weighted by Gasteiger charge is 2.32. The lowest BCUT2D eigenvalue weighted by Crippen LogP contribution is -2.30. The van der Waals surface area contributed by atoms with Gasteiger partial charge in [0.2, 0.25) is 0 Å². The van der Waals surface area contributed by atoms with Gasteiger partial charge in [-0.1, -0.05) is 12.1 Å². The highest BCUT2D eigenvalue weighted by Crippen LogP contribution is 2.22. The average molecular weight is 317 g/mol. The fraction of sp³-hybridized carbons (Fsp3) is 0.312. The SMILES string of the molecule is Cc1c(C(=O)N2CCC(C(=O)O)C2)cnn1-c1ccccc1F. The molecule has 0 bridgehead atoms. The number of carbonyl (C=O) groups excluding carboxylic acids is 1. The number of benzene rings is 1. The first-order valence-electron chi connectivity index (χ1n) is 7.30. The molecule has 1 aromatic carbocycles. The number of nitrogens with zero attached hydrogens (tertiary/aromatic N) is 3. The van der Waals surface area contributed by atoms with E-state index < -0.39 is 17.7 Å². The van der Waals surface area contributed by atoms with Crippen LogP contribution in [0.25, 0.3) is 5.69 Å². The molecular weight excluding hydrogens is 301 g/mol. The van der Waals surface area contributed by atoms with Gasteiger partial charge < -0.3 is 10.0 Å². The predicted molar refractivity (Wildman–Crippen MR) is 79.9 cm³/mol. The maximum Gasteiger partial charge on any atom is 0.308 e. The van der Waals surface area contributed by atoms with Gasteiger partial charge >= 0.3 is 5.97 Å². The molecule has 0 aliphatic carbocycles. The van der Waals surface area contributed by atoms with Crippen LogP contribution in [0.5, 0.6) is 0 Å². The summed E-state index contributed by atoms with van der Waals surface area (Å²) in [7, 11) is 0. The molecule has 120 valence electrons. The molecule has 1 unspecified atom stereocenters. The Morgan fingerprint density at radius 3 is 2.74 bits per heavy atom. The first-order chi connectivity index (χ1) is 11.0. The number of carboxylic acids is 1. The third kappa shape index (κ3) is 2.69. The number of aliphatic carboxylic acids is 1. The zero-order valence-corrected chi connectivity index (χ0v) is 12.6. The number of likely N-dealkylation sites (tertiary alicyclic amines) is 1. The maximum absolute atomic E-state index is 13.9. The maximum atomic E-state index is 13.9. The summed E-state index contributed by atoms with van der Waals surface area (Å²) in [6.07, 6.45) is 1.85. The third-order valence-corrected chi connectivity index (χ3v) is 4.15. The number of rotatable bonds is 3. The molecule has 2 aromatic rings. The second kappa shape index (κ2) is 5.83. The molecule has 23 heavy (non-hydrogen) atoms. The molecule has 1 N–H and O–H groups in total. The number of para-hydroxylation sites is 1. The van der Waals surface area contributed by atoms with Gasteiger partial charge in [-0.15, -0.1) is 0 Å². The third-order valence-electron chi connectivity index (χ3n) is 4.15. The topological polar surface area (TPSA) is 75.4 Å². The molecule has 1 atom stereocenters. The van der Waals surface area contributed by atoms with E-state index in [9.17, 15) is 14.0 Å². The van der Waals surface area contributed by atoms with Crippen LogP contribution < -0.4 is 0 Å². The van der Waals surface area contributed by atoms with E-state index in [1.54, 1.807) is 25.1 Å². The van der Waals surface area contributed by atoms with Gasteiger partial charge in [0.05, 0.1) is 23.4 Å². The minimum atomic E-state index is -0.890. The van der Waals surface area contributed by atoms with Crippen molar-refractivity contribution in [2.75, 3.05) is 13.1 Å². The van der Waals surface area contributed by atoms with Crippen molar-refractivity contribution in [2.45, 2.75) is 13.3 Å². The first kappa shape index (κ1) is 15.2. The summed E-state index contributed by atoms with van der Waals surface area (Å²) in [4.78, 5) is 25.1. The molecule has 1 amide bonds. The van der Waals surface area contributed by atoms with Crippen LogP contribution in [0.3, 0.4) is 0 Å². The number of aromatic nitrogens is 2. The fourth-order valence-electron chi connectivity index (χ4n) is 2.80. The van der Waals surface area contributed by atoms with Crippen LogP contribution >= 0.6 is 0 Å². The number of carbonyl (C=O) groups is 2. The molecule has 7 heteroatoms. The van der Waals surface area contributed by atoms with Crippen molar-refractivity contribution >= 4 is 11.9 Å². The Hall–Kier alpha value is -2.70. The molecule has 2 heterocycles. The summed E-state index contributed by atoms with van der Waals surface area (Å²) in [6, 6.07) is 6.19. The molecule has 1 fully saturated rings. The Balaban J connectivity index is 1.87. The van der Waals surface area contributed by atoms with Crippen LogP contribution in [0.1, 0.15) is 22.5 Å². The molecule has 0 radical (unpaired) electrons. The van der Waals surface area contributed by atoms with Gasteiger partial charge in [0, 0.05) is 13.1 Å². The van der Waals surface area contributed by atoms with Gasteiger partial charge in [-0.05, 0) is 25.5 Å². The molecule has 6 nitrogen and oxygen atoms in total. The Bertz CT molecular complexity index is 772. The van der Waals surface area contributed by atoms with E-state index >= 15 is 0 Å². The Kier molecular flexibility index (Phi) is 3.85. The highest BCUT2D eigenvalue weighted by atomic mass is 19.1. The molecule has 0 saturated carbocycles. The van der Waals surface area contributed by atoms with Crippen molar-refractivity contribution in [2.24, 2.45) is 5.92 Å². The van der Waals surface area contributed by atoms with E-state index in [2.05, 4.69) is 5.10 Å². The quantitative estimate of drug-likeness (QED) is 0.937. The van der Waals surface area contributed by atoms with Gasteiger partial charge in [0.1, 0.15) is 11.5 Å². The van der Waals surface area contributed by atoms with E-state index in [0.29, 0.717) is 24.2 Å². The Morgan fingerprint density at radius 1 is 1.35 bits per heavy atom. The van der Waals surface area contributed by atoms with Crippen LogP contribution in [0.2, 0.25) is 0 Å². The summed E-state index contributed by atoms with van der Waals surface area (Å²) in [5.74, 6) is -2.11. The molecular formula is C16H16FN3O3. The normalized spacial score (nSPS) is 17.5. The molecule has 1 aliphatic rings. The van der Waals surface area contributed by atoms with Crippen LogP contribution in [0.15, 0.2) is 30.5 Å². The molecule has 1 aliphatic heterocycles. The molecule has 1 saturated heterocycles. The van der Waals surface area contributed by atoms with E-state index in [1.165, 1.54) is 21.8 Å². The number of hydrogen-bond acceptors (Lipinski definition) is 3. The van der Waals surface area contributed by atoms with Crippen LogP contribution in [-0.4, -0.2) is 44.8 Å². The minimum absolute atomic E-state index is 0.193. The van der Waals surface area contributed by atoms with Crippen molar-refractivity contribution in [3.63, 3.8) is 0 Å². The number of halogens is 1. The van der Waals surface area contributed by atoms with Gasteiger partial charge in [0.15, 0.2) is 0 Å². The van der Waals surface area contributed by atoms with Crippen LogP contribution in [0, 0.1) is 18.7 Å². The average Bonchev–Trinajstić information content (AvgIpc) is 3.14. The summed E-state index contributed by atoms with van der Waals surface area (Å²) < 4.78 is 15.3. The summed E-state index contributed by atoms with van der Waals surface area (Å²) in [5, 5.41) is 13.1. The van der Waals surface area contributed by atoms with E-state index in [-0.39, 0.29) is 18.1 Å². The van der Waals surface area contributed by atoms with Gasteiger partial charge in [-0.3, -0.25) is 9.59 Å². The van der Waals surface area contributed by atoms with Gasteiger partial charge in [-0.2, -0.15) is 5.10 Å². The Morgan fingerprint density at radius 2 is 2.09 bits per heavy atom. The number of hydrogen-bond donors (Lipinski definition) is 1. The summed E-state index contributed by atoms with van der Waals surface area (Å²) >= 11 is 0. The molecule has 3 rings (SSSR count). The second-order valence-electron chi connectivity index (χ2n) is 5.58. The standard InChI is InChI=1S/C16H16FN3O3/c1-10-12(15(21)19-7-6-11(9-19)16(22)23)8-18-20(10)14-5-3-2-4-13(14)17/h2-5,8,11H,6-7,9H2,1H3,(H,22,23). The zero-order chi connectivity index (χ0) is 16.6. The fourth-order valence-corrected chi connectivity index (χ4v) is 2.80. The lowest BCUT2D eigenvalue weighted by atomic mass is 10.1. The highest BCUT2D eigenvalue weighted by molar-refractivity contribution is 5.95. The second-order valence-corrected chi connectivity index (χ2v) is 5.58. The summed E-state index contributed by atoms with van der Waals surface area (Å²) in [5.41, 5.74) is 1.16. The number of amides is 1. The smallest absolute Gasteiger partial charge is 0.308 e. The van der Waals surface area contributed by atoms with Crippen molar-refractivity contribution in [1.82, 2.24) is 14.7 Å². The lowest BCUT2D eigenvalue weighted by Gasteiger charge is -2.15. The van der Waals surface area contributed by atoms with Gasteiger partial charge in [0.25, 0.3) is 5.91 Å². The van der Waals surface area contributed by atoms with Crippen LogP contribution in [-0.2, 0) is 4.79 Å². The van der Waals surface area contributed by atoms with E-state index in [1.807, 2.05) is 0 Å². The molecule has 0 spiro atoms. The van der Waals surface area contributed by atoms with Crippen LogP contribution in [0.4, 0.5) is 4.39 Å². The predicted octanol–water partition coefficient (Wildman–Crippen LogP) is 1.87. The Labute approximate surface area is 132 Å². The zero-order valence-electron chi connectivity index (χ0n) is 12.6. The minimum Gasteiger partial charge on any atom is -0.481 e. The first-order valence-corrected chi connectivity index (χ1v) is 7.30. The summed E-state index contributed by atoms with van der Waals surface area (Å²) in [6.45, 7) is 2.29. The lowest BCUT2D eigenvalue weighted by molar-refractivity contribution is -0.141. The van der Waals surface area contributed by atoms with Crippen molar-refractivity contribution in [3.05, 3.63) is 47.5 Å². The van der Waals surface area contributed by atoms with Gasteiger partial charge in [-0.25, -0.2) is 9.07 Å². The van der Waals surface area contributed by atoms with E-state index in [0.717, 1.165) is 0 Å². The van der Waals surface area contributed by atoms with Crippen molar-refractivity contribution in [3.8, 4) is 5.69 Å². The molecule has 1 aromatic heterocycles. The van der Waals surface area contributed by atoms with E-state index in [4.69, 9.17) is 5.11 Å². The monoisotopic (exact) mass is 317 g/mol. The van der Waals surface area contributed by atoms with Crippen molar-refractivity contribution < 1.29 is 19.1 Å².